The van der Waals surface area contributed by atoms with E-state index in [1.54, 1.807) is 11.0 Å². The van der Waals surface area contributed by atoms with Crippen molar-refractivity contribution in [2.75, 3.05) is 24.5 Å². The van der Waals surface area contributed by atoms with Crippen LogP contribution in [0.25, 0.3) is 0 Å². The van der Waals surface area contributed by atoms with Crippen LogP contribution in [-0.4, -0.2) is 41.3 Å². The van der Waals surface area contributed by atoms with Crippen LogP contribution in [0.5, 0.6) is 0 Å². The van der Waals surface area contributed by atoms with E-state index in [4.69, 9.17) is 0 Å². The largest absolute Gasteiger partial charge is 0.342 e. The number of nitro groups is 1. The molecule has 2 aliphatic heterocycles. The number of likely N-dealkylation sites (tertiary alicyclic amines) is 1. The molecule has 1 aromatic rings. The fourth-order valence-electron chi connectivity index (χ4n) is 3.73. The van der Waals surface area contributed by atoms with Gasteiger partial charge in [0, 0.05) is 43.1 Å². The predicted molar refractivity (Wildman–Crippen MR) is 97.9 cm³/mol. The first kappa shape index (κ1) is 18.4. The Kier molecular flexibility index (Phi) is 4.73. The maximum atomic E-state index is 13.0. The molecule has 0 atom stereocenters. The first-order chi connectivity index (χ1) is 12.2. The number of rotatable bonds is 2. The molecule has 0 bridgehead atoms. The average Bonchev–Trinajstić information content (AvgIpc) is 3.02. The number of nitrogens with zero attached hydrogens (tertiary/aromatic N) is 3. The minimum absolute atomic E-state index is 0.00837. The van der Waals surface area contributed by atoms with Crippen LogP contribution >= 0.6 is 0 Å². The zero-order valence-corrected chi connectivity index (χ0v) is 15.5. The average molecular weight is 359 g/mol. The topological polar surface area (TPSA) is 83.8 Å². The van der Waals surface area contributed by atoms with Gasteiger partial charge in [-0.15, -0.1) is 0 Å². The highest BCUT2D eigenvalue weighted by molar-refractivity contribution is 5.97. The summed E-state index contributed by atoms with van der Waals surface area (Å²) in [6.45, 7) is 7.45. The van der Waals surface area contributed by atoms with Crippen molar-refractivity contribution in [2.24, 2.45) is 11.3 Å². The highest BCUT2D eigenvalue weighted by atomic mass is 16.6. The zero-order chi connectivity index (χ0) is 19.1. The molecule has 0 aromatic heterocycles. The lowest BCUT2D eigenvalue weighted by atomic mass is 9.90. The molecule has 1 fully saturated rings. The van der Waals surface area contributed by atoms with Gasteiger partial charge in [0.2, 0.25) is 11.8 Å². The molecule has 0 radical (unpaired) electrons. The second-order valence-corrected chi connectivity index (χ2v) is 8.13. The van der Waals surface area contributed by atoms with Crippen LogP contribution in [-0.2, 0) is 16.0 Å². The Labute approximate surface area is 153 Å². The van der Waals surface area contributed by atoms with E-state index in [-0.39, 0.29) is 23.4 Å². The molecule has 7 nitrogen and oxygen atoms in total. The van der Waals surface area contributed by atoms with Gasteiger partial charge >= 0.3 is 0 Å². The van der Waals surface area contributed by atoms with E-state index in [1.807, 2.05) is 25.7 Å². The first-order valence-electron chi connectivity index (χ1n) is 9.06. The van der Waals surface area contributed by atoms with E-state index in [9.17, 15) is 19.7 Å². The normalized spacial score (nSPS) is 18.0. The standard InChI is InChI=1S/C19H25N3O4/c1-19(2,3)18(24)20-9-6-14(7-10-20)17(23)21-11-8-13-4-5-15(22(25)26)12-16(13)21/h4-5,12,14H,6-11H2,1-3H3. The lowest BCUT2D eigenvalue weighted by Crippen LogP contribution is -2.47. The predicted octanol–water partition coefficient (Wildman–Crippen LogP) is 2.77. The highest BCUT2D eigenvalue weighted by Crippen LogP contribution is 2.34. The Bertz CT molecular complexity index is 746. The third kappa shape index (κ3) is 3.43. The lowest BCUT2D eigenvalue weighted by Gasteiger charge is -2.36. The molecule has 2 aliphatic rings. The van der Waals surface area contributed by atoms with Gasteiger partial charge in [-0.2, -0.15) is 0 Å². The summed E-state index contributed by atoms with van der Waals surface area (Å²) in [6.07, 6.45) is 2.00. The molecule has 2 amide bonds. The number of fused-ring (bicyclic) bond motifs is 1. The van der Waals surface area contributed by atoms with Gasteiger partial charge in [-0.25, -0.2) is 0 Å². The maximum absolute atomic E-state index is 13.0. The van der Waals surface area contributed by atoms with Gasteiger partial charge in [-0.3, -0.25) is 19.7 Å². The molecule has 0 spiro atoms. The molecular weight excluding hydrogens is 334 g/mol. The summed E-state index contributed by atoms with van der Waals surface area (Å²) in [5.74, 6) is 0.00174. The van der Waals surface area contributed by atoms with E-state index in [0.29, 0.717) is 38.2 Å². The minimum atomic E-state index is -0.433. The number of hydrogen-bond donors (Lipinski definition) is 0. The molecule has 0 aliphatic carbocycles. The van der Waals surface area contributed by atoms with Gasteiger partial charge in [0.15, 0.2) is 0 Å². The molecule has 7 heteroatoms. The number of carbonyl (C=O) groups excluding carboxylic acids is 2. The third-order valence-electron chi connectivity index (χ3n) is 5.21. The molecule has 1 saturated heterocycles. The summed E-state index contributed by atoms with van der Waals surface area (Å²) in [4.78, 5) is 39.5. The van der Waals surface area contributed by atoms with Crippen molar-refractivity contribution in [2.45, 2.75) is 40.0 Å². The van der Waals surface area contributed by atoms with Gasteiger partial charge in [-0.1, -0.05) is 26.8 Å². The SMILES string of the molecule is CC(C)(C)C(=O)N1CCC(C(=O)N2CCc3ccc([N+](=O)[O-])cc32)CC1. The van der Waals surface area contributed by atoms with E-state index in [2.05, 4.69) is 0 Å². The lowest BCUT2D eigenvalue weighted by molar-refractivity contribution is -0.384. The van der Waals surface area contributed by atoms with Gasteiger partial charge < -0.3 is 9.80 Å². The van der Waals surface area contributed by atoms with Crippen molar-refractivity contribution in [3.63, 3.8) is 0 Å². The summed E-state index contributed by atoms with van der Waals surface area (Å²) < 4.78 is 0. The van der Waals surface area contributed by atoms with Crippen molar-refractivity contribution in [1.82, 2.24) is 4.90 Å². The molecule has 140 valence electrons. The Morgan fingerprint density at radius 1 is 1.15 bits per heavy atom. The zero-order valence-electron chi connectivity index (χ0n) is 15.5. The number of hydrogen-bond acceptors (Lipinski definition) is 4. The van der Waals surface area contributed by atoms with Gasteiger partial charge in [0.05, 0.1) is 10.6 Å². The van der Waals surface area contributed by atoms with Crippen LogP contribution in [0.15, 0.2) is 18.2 Å². The molecule has 0 N–H and O–H groups in total. The van der Waals surface area contributed by atoms with E-state index in [1.165, 1.54) is 12.1 Å². The van der Waals surface area contributed by atoms with Gasteiger partial charge in [-0.05, 0) is 24.8 Å². The summed E-state index contributed by atoms with van der Waals surface area (Å²) in [5.41, 5.74) is 1.24. The van der Waals surface area contributed by atoms with Crippen LogP contribution in [0.3, 0.4) is 0 Å². The Hall–Kier alpha value is -2.44. The quantitative estimate of drug-likeness (QED) is 0.600. The van der Waals surface area contributed by atoms with Crippen molar-refractivity contribution < 1.29 is 14.5 Å². The Balaban J connectivity index is 1.69. The van der Waals surface area contributed by atoms with E-state index in [0.717, 1.165) is 12.0 Å². The summed E-state index contributed by atoms with van der Waals surface area (Å²) in [5, 5.41) is 11.0. The number of carbonyl (C=O) groups is 2. The summed E-state index contributed by atoms with van der Waals surface area (Å²) in [6, 6.07) is 4.73. The highest BCUT2D eigenvalue weighted by Gasteiger charge is 2.36. The minimum Gasteiger partial charge on any atom is -0.342 e. The number of nitro benzene ring substituents is 1. The first-order valence-corrected chi connectivity index (χ1v) is 9.06. The van der Waals surface area contributed by atoms with E-state index >= 15 is 0 Å². The number of benzene rings is 1. The molecule has 2 heterocycles. The third-order valence-corrected chi connectivity index (χ3v) is 5.21. The number of non-ortho nitro benzene ring substituents is 1. The maximum Gasteiger partial charge on any atom is 0.271 e. The van der Waals surface area contributed by atoms with Crippen molar-refractivity contribution in [1.29, 1.82) is 0 Å². The molecule has 0 saturated carbocycles. The fourth-order valence-corrected chi connectivity index (χ4v) is 3.73. The molecule has 3 rings (SSSR count). The fraction of sp³-hybridized carbons (Fsp3) is 0.579. The Morgan fingerprint density at radius 3 is 2.38 bits per heavy atom. The monoisotopic (exact) mass is 359 g/mol. The van der Waals surface area contributed by atoms with Crippen LogP contribution < -0.4 is 4.90 Å². The van der Waals surface area contributed by atoms with Crippen LogP contribution in [0, 0.1) is 21.4 Å². The Morgan fingerprint density at radius 2 is 1.81 bits per heavy atom. The van der Waals surface area contributed by atoms with Crippen molar-refractivity contribution >= 4 is 23.2 Å². The molecule has 0 unspecified atom stereocenters. The summed E-state index contributed by atoms with van der Waals surface area (Å²) >= 11 is 0. The van der Waals surface area contributed by atoms with Crippen LogP contribution in [0.1, 0.15) is 39.2 Å². The molecule has 26 heavy (non-hydrogen) atoms. The smallest absolute Gasteiger partial charge is 0.271 e. The second-order valence-electron chi connectivity index (χ2n) is 8.13. The number of piperidine rings is 1. The number of anilines is 1. The second kappa shape index (κ2) is 6.70. The number of amides is 2. The van der Waals surface area contributed by atoms with Crippen LogP contribution in [0.2, 0.25) is 0 Å². The van der Waals surface area contributed by atoms with Gasteiger partial charge in [0.25, 0.3) is 5.69 Å². The van der Waals surface area contributed by atoms with Crippen molar-refractivity contribution in [3.8, 4) is 0 Å². The molecule has 1 aromatic carbocycles. The summed E-state index contributed by atoms with van der Waals surface area (Å²) in [7, 11) is 0. The molecular formula is C19H25N3O4. The van der Waals surface area contributed by atoms with Crippen molar-refractivity contribution in [3.05, 3.63) is 33.9 Å². The van der Waals surface area contributed by atoms with E-state index < -0.39 is 10.3 Å². The van der Waals surface area contributed by atoms with Crippen LogP contribution in [0.4, 0.5) is 11.4 Å². The van der Waals surface area contributed by atoms with Gasteiger partial charge in [0.1, 0.15) is 0 Å².